The fourth-order valence-corrected chi connectivity index (χ4v) is 1.96. The van der Waals surface area contributed by atoms with Gasteiger partial charge < -0.3 is 15.2 Å². The summed E-state index contributed by atoms with van der Waals surface area (Å²) in [7, 11) is 0. The first-order chi connectivity index (χ1) is 8.14. The largest absolute Gasteiger partial charge is 0.385 e. The van der Waals surface area contributed by atoms with Crippen molar-refractivity contribution in [3.8, 4) is 6.07 Å². The van der Waals surface area contributed by atoms with E-state index in [0.29, 0.717) is 25.1 Å². The Kier molecular flexibility index (Phi) is 3.32. The Labute approximate surface area is 101 Å². The van der Waals surface area contributed by atoms with Gasteiger partial charge in [-0.2, -0.15) is 5.26 Å². The molecule has 4 nitrogen and oxygen atoms in total. The van der Waals surface area contributed by atoms with Crippen molar-refractivity contribution < 1.29 is 9.84 Å². The number of hydrogen-bond acceptors (Lipinski definition) is 4. The number of nitrogens with zero attached hydrogens (tertiary/aromatic N) is 1. The molecule has 1 aliphatic heterocycles. The Morgan fingerprint density at radius 3 is 3.12 bits per heavy atom. The topological polar surface area (TPSA) is 65.3 Å². The molecule has 1 aromatic rings. The van der Waals surface area contributed by atoms with E-state index in [-0.39, 0.29) is 6.10 Å². The van der Waals surface area contributed by atoms with Crippen molar-refractivity contribution in [2.45, 2.75) is 25.0 Å². The van der Waals surface area contributed by atoms with Gasteiger partial charge in [-0.05, 0) is 25.1 Å². The van der Waals surface area contributed by atoms with Crippen LogP contribution in [0, 0.1) is 11.3 Å². The number of rotatable bonds is 3. The lowest BCUT2D eigenvalue weighted by Crippen LogP contribution is -2.43. The van der Waals surface area contributed by atoms with Gasteiger partial charge in [-0.15, -0.1) is 0 Å². The highest BCUT2D eigenvalue weighted by atomic mass is 16.5. The number of hydrogen-bond donors (Lipinski definition) is 2. The minimum absolute atomic E-state index is 0.158. The Morgan fingerprint density at radius 1 is 1.65 bits per heavy atom. The van der Waals surface area contributed by atoms with Crippen LogP contribution < -0.4 is 5.32 Å². The van der Waals surface area contributed by atoms with Gasteiger partial charge in [0.05, 0.1) is 17.7 Å². The molecule has 90 valence electrons. The molecule has 2 unspecified atom stereocenters. The summed E-state index contributed by atoms with van der Waals surface area (Å²) in [6.07, 6.45) is 0.480. The van der Waals surface area contributed by atoms with E-state index in [2.05, 4.69) is 11.4 Å². The molecule has 0 spiro atoms. The van der Waals surface area contributed by atoms with Crippen LogP contribution in [0.2, 0.25) is 0 Å². The van der Waals surface area contributed by atoms with Crippen molar-refractivity contribution in [3.05, 3.63) is 29.8 Å². The summed E-state index contributed by atoms with van der Waals surface area (Å²) in [6, 6.07) is 9.30. The van der Waals surface area contributed by atoms with E-state index in [9.17, 15) is 5.11 Å². The van der Waals surface area contributed by atoms with Gasteiger partial charge in [-0.3, -0.25) is 0 Å². The average molecular weight is 232 g/mol. The quantitative estimate of drug-likeness (QED) is 0.829. The van der Waals surface area contributed by atoms with Crippen LogP contribution in [0.3, 0.4) is 0 Å². The molecule has 17 heavy (non-hydrogen) atoms. The molecule has 0 amide bonds. The molecule has 0 bridgehead atoms. The molecule has 1 saturated heterocycles. The highest BCUT2D eigenvalue weighted by Gasteiger charge is 2.39. The lowest BCUT2D eigenvalue weighted by Gasteiger charge is -2.26. The van der Waals surface area contributed by atoms with Crippen molar-refractivity contribution in [1.82, 2.24) is 0 Å². The molecule has 0 aliphatic carbocycles. The average Bonchev–Trinajstić information content (AvgIpc) is 2.68. The van der Waals surface area contributed by atoms with Crippen molar-refractivity contribution in [2.75, 3.05) is 18.5 Å². The van der Waals surface area contributed by atoms with Crippen molar-refractivity contribution in [3.63, 3.8) is 0 Å². The Hall–Kier alpha value is -1.57. The smallest absolute Gasteiger partial charge is 0.110 e. The van der Waals surface area contributed by atoms with E-state index >= 15 is 0 Å². The molecule has 1 aromatic carbocycles. The molecule has 1 aliphatic rings. The zero-order valence-electron chi connectivity index (χ0n) is 9.81. The molecule has 2 rings (SSSR count). The molecule has 1 fully saturated rings. The van der Waals surface area contributed by atoms with Crippen LogP contribution in [0.4, 0.5) is 5.69 Å². The van der Waals surface area contributed by atoms with Crippen LogP contribution in [-0.2, 0) is 4.74 Å². The van der Waals surface area contributed by atoms with Gasteiger partial charge >= 0.3 is 0 Å². The van der Waals surface area contributed by atoms with Gasteiger partial charge in [0.2, 0.25) is 0 Å². The van der Waals surface area contributed by atoms with Gasteiger partial charge in [-0.25, -0.2) is 0 Å². The fraction of sp³-hybridized carbons (Fsp3) is 0.462. The van der Waals surface area contributed by atoms with Crippen LogP contribution in [0.5, 0.6) is 0 Å². The van der Waals surface area contributed by atoms with Gasteiger partial charge in [0.25, 0.3) is 0 Å². The summed E-state index contributed by atoms with van der Waals surface area (Å²) >= 11 is 0. The summed E-state index contributed by atoms with van der Waals surface area (Å²) in [5, 5.41) is 22.2. The molecule has 0 aromatic heterocycles. The Balaban J connectivity index is 2.00. The van der Waals surface area contributed by atoms with E-state index in [1.807, 2.05) is 19.1 Å². The third kappa shape index (κ3) is 2.57. The number of benzene rings is 1. The first-order valence-electron chi connectivity index (χ1n) is 5.72. The molecule has 0 radical (unpaired) electrons. The second-order valence-electron chi connectivity index (χ2n) is 4.41. The number of nitrogens with one attached hydrogen (secondary N) is 1. The predicted octanol–water partition coefficient (Wildman–Crippen LogP) is 1.51. The number of aliphatic hydroxyl groups is 1. The highest BCUT2D eigenvalue weighted by molar-refractivity contribution is 5.49. The van der Waals surface area contributed by atoms with Crippen molar-refractivity contribution in [2.24, 2.45) is 0 Å². The summed E-state index contributed by atoms with van der Waals surface area (Å²) in [5.74, 6) is 0. The Bertz CT molecular complexity index is 441. The van der Waals surface area contributed by atoms with E-state index in [0.717, 1.165) is 5.69 Å². The number of anilines is 1. The van der Waals surface area contributed by atoms with Gasteiger partial charge in [0.1, 0.15) is 5.60 Å². The molecular formula is C13H16N2O2. The van der Waals surface area contributed by atoms with Gasteiger partial charge in [-0.1, -0.05) is 6.07 Å². The minimum Gasteiger partial charge on any atom is -0.385 e. The molecule has 2 atom stereocenters. The van der Waals surface area contributed by atoms with E-state index < -0.39 is 5.60 Å². The zero-order chi connectivity index (χ0) is 12.3. The summed E-state index contributed by atoms with van der Waals surface area (Å²) in [5.41, 5.74) is 0.636. The lowest BCUT2D eigenvalue weighted by atomic mass is 9.96. The maximum Gasteiger partial charge on any atom is 0.110 e. The van der Waals surface area contributed by atoms with E-state index in [1.165, 1.54) is 0 Å². The Morgan fingerprint density at radius 2 is 2.47 bits per heavy atom. The first kappa shape index (κ1) is 11.9. The SMILES string of the molecule is CC1OCCC1(O)CNc1cccc(C#N)c1. The normalized spacial score (nSPS) is 27.7. The standard InChI is InChI=1S/C13H16N2O2/c1-10-13(16,5-6-17-10)9-15-12-4-2-3-11(7-12)8-14/h2-4,7,10,15-16H,5-6,9H2,1H3. The summed E-state index contributed by atoms with van der Waals surface area (Å²) in [4.78, 5) is 0. The number of ether oxygens (including phenoxy) is 1. The zero-order valence-corrected chi connectivity index (χ0v) is 9.81. The summed E-state index contributed by atoms with van der Waals surface area (Å²) < 4.78 is 5.36. The first-order valence-corrected chi connectivity index (χ1v) is 5.72. The van der Waals surface area contributed by atoms with Gasteiger partial charge in [0.15, 0.2) is 0 Å². The molecule has 2 N–H and O–H groups in total. The lowest BCUT2D eigenvalue weighted by molar-refractivity contribution is -0.0175. The monoisotopic (exact) mass is 232 g/mol. The molecule has 1 heterocycles. The van der Waals surface area contributed by atoms with Crippen molar-refractivity contribution >= 4 is 5.69 Å². The third-order valence-corrected chi connectivity index (χ3v) is 3.25. The van der Waals surface area contributed by atoms with Crippen LogP contribution >= 0.6 is 0 Å². The van der Waals surface area contributed by atoms with Crippen LogP contribution in [0.25, 0.3) is 0 Å². The third-order valence-electron chi connectivity index (χ3n) is 3.25. The predicted molar refractivity (Wildman–Crippen MR) is 64.6 cm³/mol. The highest BCUT2D eigenvalue weighted by Crippen LogP contribution is 2.26. The molecular weight excluding hydrogens is 216 g/mol. The number of nitriles is 1. The minimum atomic E-state index is -0.817. The maximum absolute atomic E-state index is 10.3. The van der Waals surface area contributed by atoms with Gasteiger partial charge in [0, 0.05) is 25.3 Å². The van der Waals surface area contributed by atoms with Crippen LogP contribution in [0.15, 0.2) is 24.3 Å². The van der Waals surface area contributed by atoms with Crippen LogP contribution in [-0.4, -0.2) is 30.0 Å². The van der Waals surface area contributed by atoms with Crippen molar-refractivity contribution in [1.29, 1.82) is 5.26 Å². The van der Waals surface area contributed by atoms with E-state index in [4.69, 9.17) is 10.00 Å². The molecule has 0 saturated carbocycles. The second kappa shape index (κ2) is 4.74. The molecule has 4 heteroatoms. The second-order valence-corrected chi connectivity index (χ2v) is 4.41. The fourth-order valence-electron chi connectivity index (χ4n) is 1.96. The van der Waals surface area contributed by atoms with E-state index in [1.54, 1.807) is 12.1 Å². The van der Waals surface area contributed by atoms with Crippen LogP contribution in [0.1, 0.15) is 18.9 Å². The maximum atomic E-state index is 10.3. The summed E-state index contributed by atoms with van der Waals surface area (Å²) in [6.45, 7) is 2.90.